The van der Waals surface area contributed by atoms with E-state index in [4.69, 9.17) is 37.0 Å². The van der Waals surface area contributed by atoms with Crippen LogP contribution in [0.2, 0.25) is 0 Å². The van der Waals surface area contributed by atoms with Crippen LogP contribution in [0.1, 0.15) is 323 Å². The Hall–Kier alpha value is -4.54. The van der Waals surface area contributed by atoms with Crippen molar-refractivity contribution in [1.82, 2.24) is 0 Å². The second kappa shape index (κ2) is 74.7. The summed E-state index contributed by atoms with van der Waals surface area (Å²) in [5, 5.41) is 10.6. The van der Waals surface area contributed by atoms with Crippen molar-refractivity contribution in [2.45, 2.75) is 341 Å². The van der Waals surface area contributed by atoms with Gasteiger partial charge in [0.15, 0.2) is 12.2 Å². The van der Waals surface area contributed by atoms with Crippen molar-refractivity contribution < 1.29 is 80.2 Å². The van der Waals surface area contributed by atoms with Crippen LogP contribution < -0.4 is 0 Å². The van der Waals surface area contributed by atoms with Gasteiger partial charge in [-0.2, -0.15) is 0 Å². The summed E-state index contributed by atoms with van der Waals surface area (Å²) in [5.74, 6) is -2.24. The average molecular weight is 1470 g/mol. The summed E-state index contributed by atoms with van der Waals surface area (Å²) < 4.78 is 68.5. The van der Waals surface area contributed by atoms with Gasteiger partial charge < -0.3 is 33.8 Å². The van der Waals surface area contributed by atoms with E-state index in [0.717, 1.165) is 167 Å². The maximum Gasteiger partial charge on any atom is 0.472 e. The molecule has 5 atom stereocenters. The highest BCUT2D eigenvalue weighted by Crippen LogP contribution is 2.45. The molecular formula is C83H142O17P2. The third-order valence-electron chi connectivity index (χ3n) is 16.4. The van der Waals surface area contributed by atoms with Gasteiger partial charge in [0, 0.05) is 25.7 Å². The lowest BCUT2D eigenvalue weighted by Crippen LogP contribution is -2.30. The molecule has 0 radical (unpaired) electrons. The number of carbonyl (C=O) groups excluding carboxylic acids is 4. The SMILES string of the molecule is CC/C=C\C/C=C\C/C=C\C/C=C\C/C=C\CCCCCC(=O)OCC(COP(=O)(O)OCC(O)COP(=O)(O)OCC(COC(=O)CCCCCCC/C=C\CCCCCCCC)OC(=O)CCCCCCCCCCCCC)OC(=O)CCCCCC/C=C\C/C=C\C/C=C\C/C=C\CC. The van der Waals surface area contributed by atoms with E-state index in [1.807, 2.05) is 0 Å². The van der Waals surface area contributed by atoms with E-state index in [0.29, 0.717) is 25.7 Å². The third kappa shape index (κ3) is 73.8. The quantitative estimate of drug-likeness (QED) is 0.0169. The van der Waals surface area contributed by atoms with Gasteiger partial charge in [0.05, 0.1) is 26.4 Å². The predicted octanol–water partition coefficient (Wildman–Crippen LogP) is 23.1. The van der Waals surface area contributed by atoms with E-state index in [1.54, 1.807) is 0 Å². The Bertz CT molecular complexity index is 2410. The van der Waals surface area contributed by atoms with E-state index in [-0.39, 0.29) is 25.7 Å². The van der Waals surface area contributed by atoms with Crippen LogP contribution in [-0.4, -0.2) is 96.7 Å². The van der Waals surface area contributed by atoms with E-state index in [1.165, 1.54) is 77.0 Å². The molecule has 0 aliphatic heterocycles. The Labute approximate surface area is 619 Å². The highest BCUT2D eigenvalue weighted by atomic mass is 31.2. The lowest BCUT2D eigenvalue weighted by atomic mass is 10.1. The molecule has 102 heavy (non-hydrogen) atoms. The molecule has 0 fully saturated rings. The molecule has 0 rings (SSSR count). The molecular weight excluding hydrogens is 1330 g/mol. The Kier molecular flexibility index (Phi) is 71.4. The first-order chi connectivity index (χ1) is 49.7. The maximum atomic E-state index is 13.1. The van der Waals surface area contributed by atoms with E-state index < -0.39 is 97.5 Å². The predicted molar refractivity (Wildman–Crippen MR) is 418 cm³/mol. The molecule has 0 bridgehead atoms. The summed E-state index contributed by atoms with van der Waals surface area (Å²) in [7, 11) is -9.97. The van der Waals surface area contributed by atoms with Gasteiger partial charge >= 0.3 is 39.5 Å². The lowest BCUT2D eigenvalue weighted by Gasteiger charge is -2.21. The standard InChI is InChI=1S/C83H142O17P2/c1-5-9-13-17-21-25-29-32-35-37-38-40-42-45-49-52-56-60-64-68-81(86)94-74-79(100-83(88)70-66-62-58-54-50-46-43-39-36-33-30-26-22-18-14-10-6-2)76-98-102(91,92)96-72-77(84)71-95-101(89,90)97-75-78(99-82(87)69-65-61-57-53-47-28-24-20-16-12-8-4)73-93-80(85)67-63-59-55-51-48-44-41-34-31-27-23-19-15-11-7-3/h9-10,13-14,21-22,25-26,32-36,38,40-41,43,45-46,49,77-79,84H,5-8,11-12,15-20,23-24,27-31,37,39,42,44,47-48,50-76H2,1-4H3,(H,89,90)(H,91,92)/b13-9-,14-10-,25-21-,26-22-,35-32-,36-33-,40-38-,41-34-,46-43-,49-45-. The van der Waals surface area contributed by atoms with E-state index >= 15 is 0 Å². The molecule has 0 saturated heterocycles. The summed E-state index contributed by atoms with van der Waals surface area (Å²) in [4.78, 5) is 72.9. The van der Waals surface area contributed by atoms with Crippen molar-refractivity contribution in [3.05, 3.63) is 122 Å². The van der Waals surface area contributed by atoms with Crippen molar-refractivity contribution in [2.24, 2.45) is 0 Å². The molecule has 0 aromatic rings. The number of phosphoric ester groups is 2. The van der Waals surface area contributed by atoms with Crippen LogP contribution in [0.5, 0.6) is 0 Å². The molecule has 0 saturated carbocycles. The summed E-state index contributed by atoms with van der Waals surface area (Å²) in [6.07, 6.45) is 81.8. The van der Waals surface area contributed by atoms with Gasteiger partial charge in [-0.15, -0.1) is 0 Å². The number of aliphatic hydroxyl groups is 1. The number of aliphatic hydroxyl groups excluding tert-OH is 1. The number of unbranched alkanes of at least 4 members (excludes halogenated alkanes) is 28. The number of hydrogen-bond donors (Lipinski definition) is 3. The fourth-order valence-corrected chi connectivity index (χ4v) is 12.0. The fraction of sp³-hybridized carbons (Fsp3) is 0.711. The topological polar surface area (TPSA) is 237 Å². The van der Waals surface area contributed by atoms with Crippen LogP contribution in [0.25, 0.3) is 0 Å². The molecule has 17 nitrogen and oxygen atoms in total. The molecule has 0 heterocycles. The molecule has 0 aliphatic carbocycles. The van der Waals surface area contributed by atoms with Crippen LogP contribution in [0.3, 0.4) is 0 Å². The van der Waals surface area contributed by atoms with Crippen molar-refractivity contribution >= 4 is 39.5 Å². The molecule has 586 valence electrons. The lowest BCUT2D eigenvalue weighted by molar-refractivity contribution is -0.161. The van der Waals surface area contributed by atoms with Crippen LogP contribution >= 0.6 is 15.6 Å². The number of allylic oxidation sites excluding steroid dienone is 20. The zero-order valence-corrected chi connectivity index (χ0v) is 65.8. The molecule has 0 aliphatic rings. The number of ether oxygens (including phenoxy) is 4. The summed E-state index contributed by atoms with van der Waals surface area (Å²) in [6.45, 7) is 4.58. The molecule has 0 spiro atoms. The van der Waals surface area contributed by atoms with Crippen LogP contribution in [-0.2, 0) is 65.4 Å². The number of phosphoric acid groups is 2. The van der Waals surface area contributed by atoms with Gasteiger partial charge in [-0.05, 0) is 135 Å². The first kappa shape index (κ1) is 97.5. The minimum Gasteiger partial charge on any atom is -0.462 e. The second-order valence-electron chi connectivity index (χ2n) is 26.2. The normalized spacial score (nSPS) is 14.5. The number of carbonyl (C=O) groups is 4. The van der Waals surface area contributed by atoms with Crippen molar-refractivity contribution in [2.75, 3.05) is 39.6 Å². The second-order valence-corrected chi connectivity index (χ2v) is 29.2. The van der Waals surface area contributed by atoms with Gasteiger partial charge in [-0.3, -0.25) is 37.3 Å². The highest BCUT2D eigenvalue weighted by Gasteiger charge is 2.30. The number of rotatable bonds is 74. The van der Waals surface area contributed by atoms with Gasteiger partial charge in [0.2, 0.25) is 0 Å². The summed E-state index contributed by atoms with van der Waals surface area (Å²) in [5.41, 5.74) is 0. The van der Waals surface area contributed by atoms with E-state index in [2.05, 4.69) is 149 Å². The Morgan fingerprint density at radius 1 is 0.284 bits per heavy atom. The molecule has 5 unspecified atom stereocenters. The molecule has 0 aromatic heterocycles. The minimum absolute atomic E-state index is 0.0568. The number of hydrogen-bond acceptors (Lipinski definition) is 15. The Balaban J connectivity index is 5.39. The van der Waals surface area contributed by atoms with Gasteiger partial charge in [0.25, 0.3) is 0 Å². The zero-order chi connectivity index (χ0) is 74.6. The van der Waals surface area contributed by atoms with Gasteiger partial charge in [0.1, 0.15) is 19.3 Å². The third-order valence-corrected chi connectivity index (χ3v) is 18.3. The molecule has 3 N–H and O–H groups in total. The largest absolute Gasteiger partial charge is 0.472 e. The molecule has 0 amide bonds. The maximum absolute atomic E-state index is 13.1. The summed E-state index contributed by atoms with van der Waals surface area (Å²) in [6, 6.07) is 0. The van der Waals surface area contributed by atoms with E-state index in [9.17, 15) is 43.2 Å². The van der Waals surface area contributed by atoms with Crippen LogP contribution in [0.15, 0.2) is 122 Å². The minimum atomic E-state index is -4.99. The first-order valence-electron chi connectivity index (χ1n) is 39.8. The monoisotopic (exact) mass is 1470 g/mol. The van der Waals surface area contributed by atoms with Crippen molar-refractivity contribution in [1.29, 1.82) is 0 Å². The van der Waals surface area contributed by atoms with Gasteiger partial charge in [-0.25, -0.2) is 9.13 Å². The Morgan fingerprint density at radius 3 is 0.804 bits per heavy atom. The van der Waals surface area contributed by atoms with Gasteiger partial charge in [-0.1, -0.05) is 284 Å². The van der Waals surface area contributed by atoms with Crippen molar-refractivity contribution in [3.8, 4) is 0 Å². The van der Waals surface area contributed by atoms with Crippen molar-refractivity contribution in [3.63, 3.8) is 0 Å². The average Bonchev–Trinajstić information content (AvgIpc) is 0.921. The molecule has 19 heteroatoms. The highest BCUT2D eigenvalue weighted by molar-refractivity contribution is 7.47. The molecule has 0 aromatic carbocycles. The fourth-order valence-electron chi connectivity index (χ4n) is 10.4. The zero-order valence-electron chi connectivity index (χ0n) is 64.0. The van der Waals surface area contributed by atoms with Crippen LogP contribution in [0, 0.1) is 0 Å². The smallest absolute Gasteiger partial charge is 0.462 e. The Morgan fingerprint density at radius 2 is 0.510 bits per heavy atom. The first-order valence-corrected chi connectivity index (χ1v) is 42.8. The summed E-state index contributed by atoms with van der Waals surface area (Å²) >= 11 is 0. The number of esters is 4. The van der Waals surface area contributed by atoms with Crippen LogP contribution in [0.4, 0.5) is 0 Å².